The number of halogens is 1. The first-order valence-electron chi connectivity index (χ1n) is 5.96. The third kappa shape index (κ3) is 3.10. The largest absolute Gasteiger partial charge is 0.378 e. The molecule has 0 aliphatic carbocycles. The van der Waals surface area contributed by atoms with Crippen LogP contribution in [0.1, 0.15) is 31.1 Å². The molecule has 2 heterocycles. The Morgan fingerprint density at radius 1 is 1.39 bits per heavy atom. The van der Waals surface area contributed by atoms with Crippen LogP contribution in [0.2, 0.25) is 0 Å². The topological polar surface area (TPSA) is 42.7 Å². The number of aryl methyl sites for hydroxylation is 1. The van der Waals surface area contributed by atoms with Crippen LogP contribution in [0.15, 0.2) is 29.1 Å². The summed E-state index contributed by atoms with van der Waals surface area (Å²) in [5, 5.41) is 7.85. The molecule has 0 unspecified atom stereocenters. The van der Waals surface area contributed by atoms with Crippen LogP contribution in [0.4, 0.5) is 5.69 Å². The van der Waals surface area contributed by atoms with Gasteiger partial charge < -0.3 is 5.32 Å². The summed E-state index contributed by atoms with van der Waals surface area (Å²) in [5.74, 6) is 0. The zero-order valence-electron chi connectivity index (χ0n) is 10.8. The van der Waals surface area contributed by atoms with Crippen LogP contribution in [0.3, 0.4) is 0 Å². The Bertz CT molecular complexity index is 516. The molecule has 0 aliphatic heterocycles. The van der Waals surface area contributed by atoms with Crippen molar-refractivity contribution in [2.24, 2.45) is 0 Å². The summed E-state index contributed by atoms with van der Waals surface area (Å²) in [5.41, 5.74) is 3.25. The zero-order valence-corrected chi connectivity index (χ0v) is 12.4. The number of rotatable bonds is 4. The Balaban J connectivity index is 2.03. The highest BCUT2D eigenvalue weighted by molar-refractivity contribution is 9.10. The molecule has 0 amide bonds. The Hall–Kier alpha value is -1.36. The van der Waals surface area contributed by atoms with Gasteiger partial charge in [0.25, 0.3) is 0 Å². The summed E-state index contributed by atoms with van der Waals surface area (Å²) < 4.78 is 2.83. The van der Waals surface area contributed by atoms with Gasteiger partial charge >= 0.3 is 0 Å². The van der Waals surface area contributed by atoms with Crippen molar-refractivity contribution in [1.29, 1.82) is 0 Å². The predicted molar refractivity (Wildman–Crippen MR) is 76.6 cm³/mol. The van der Waals surface area contributed by atoms with E-state index in [1.54, 1.807) is 0 Å². The Kier molecular flexibility index (Phi) is 4.01. The van der Waals surface area contributed by atoms with Gasteiger partial charge in [-0.3, -0.25) is 4.68 Å². The highest BCUT2D eigenvalue weighted by Crippen LogP contribution is 2.17. The molecule has 2 aromatic heterocycles. The van der Waals surface area contributed by atoms with Crippen molar-refractivity contribution in [3.05, 3.63) is 40.4 Å². The molecular formula is C13H17BrN4. The maximum absolute atomic E-state index is 4.47. The van der Waals surface area contributed by atoms with E-state index in [-0.39, 0.29) is 0 Å². The lowest BCUT2D eigenvalue weighted by Gasteiger charge is -2.05. The van der Waals surface area contributed by atoms with E-state index in [4.69, 9.17) is 0 Å². The Morgan fingerprint density at radius 3 is 2.72 bits per heavy atom. The van der Waals surface area contributed by atoms with Gasteiger partial charge in [0, 0.05) is 25.0 Å². The number of nitrogens with one attached hydrogen (secondary N) is 1. The van der Waals surface area contributed by atoms with Gasteiger partial charge in [-0.2, -0.15) is 5.10 Å². The lowest BCUT2D eigenvalue weighted by atomic mass is 10.3. The van der Waals surface area contributed by atoms with Crippen molar-refractivity contribution in [3.8, 4) is 0 Å². The van der Waals surface area contributed by atoms with E-state index in [1.165, 1.54) is 0 Å². The first-order valence-corrected chi connectivity index (χ1v) is 6.75. The number of hydrogen-bond donors (Lipinski definition) is 1. The molecule has 0 aromatic carbocycles. The molecule has 0 saturated heterocycles. The van der Waals surface area contributed by atoms with Crippen LogP contribution < -0.4 is 5.32 Å². The van der Waals surface area contributed by atoms with E-state index >= 15 is 0 Å². The maximum Gasteiger partial charge on any atom is 0.106 e. The number of aromatic nitrogens is 3. The van der Waals surface area contributed by atoms with E-state index in [0.717, 1.165) is 28.1 Å². The second-order valence-corrected chi connectivity index (χ2v) is 5.36. The van der Waals surface area contributed by atoms with Crippen LogP contribution in [0.25, 0.3) is 0 Å². The quantitative estimate of drug-likeness (QED) is 0.878. The summed E-state index contributed by atoms with van der Waals surface area (Å²) in [4.78, 5) is 4.20. The molecule has 2 rings (SSSR count). The van der Waals surface area contributed by atoms with Gasteiger partial charge in [0.1, 0.15) is 4.60 Å². The molecule has 0 radical (unpaired) electrons. The van der Waals surface area contributed by atoms with E-state index in [0.29, 0.717) is 6.04 Å². The van der Waals surface area contributed by atoms with Crippen molar-refractivity contribution in [2.45, 2.75) is 33.4 Å². The van der Waals surface area contributed by atoms with Gasteiger partial charge in [-0.25, -0.2) is 4.98 Å². The lowest BCUT2D eigenvalue weighted by molar-refractivity contribution is 0.529. The second-order valence-electron chi connectivity index (χ2n) is 4.54. The Labute approximate surface area is 116 Å². The van der Waals surface area contributed by atoms with Crippen molar-refractivity contribution < 1.29 is 0 Å². The van der Waals surface area contributed by atoms with E-state index < -0.39 is 0 Å². The molecule has 4 nitrogen and oxygen atoms in total. The Morgan fingerprint density at radius 2 is 2.17 bits per heavy atom. The van der Waals surface area contributed by atoms with Crippen LogP contribution in [0, 0.1) is 6.92 Å². The zero-order chi connectivity index (χ0) is 13.1. The van der Waals surface area contributed by atoms with Crippen LogP contribution in [-0.2, 0) is 6.54 Å². The molecule has 18 heavy (non-hydrogen) atoms. The SMILES string of the molecule is Cc1nn(C(C)C)cc1NCc1ccc(Br)nc1. The molecule has 96 valence electrons. The average molecular weight is 309 g/mol. The first-order chi connectivity index (χ1) is 8.56. The van der Waals surface area contributed by atoms with Crippen LogP contribution in [0.5, 0.6) is 0 Å². The standard InChI is InChI=1S/C13H17BrN4/c1-9(2)18-8-12(10(3)17-18)15-6-11-4-5-13(14)16-7-11/h4-5,7-9,15H,6H2,1-3H3. The molecule has 5 heteroatoms. The van der Waals surface area contributed by atoms with Crippen molar-refractivity contribution in [1.82, 2.24) is 14.8 Å². The average Bonchev–Trinajstić information content (AvgIpc) is 2.70. The van der Waals surface area contributed by atoms with E-state index in [1.807, 2.05) is 36.1 Å². The fourth-order valence-corrected chi connectivity index (χ4v) is 1.86. The summed E-state index contributed by atoms with van der Waals surface area (Å²) in [6.07, 6.45) is 3.91. The monoisotopic (exact) mass is 308 g/mol. The fraction of sp³-hybridized carbons (Fsp3) is 0.385. The third-order valence-electron chi connectivity index (χ3n) is 2.72. The maximum atomic E-state index is 4.47. The molecule has 0 atom stereocenters. The minimum absolute atomic E-state index is 0.383. The van der Waals surface area contributed by atoms with E-state index in [9.17, 15) is 0 Å². The molecule has 0 fully saturated rings. The summed E-state index contributed by atoms with van der Waals surface area (Å²) >= 11 is 3.33. The fourth-order valence-electron chi connectivity index (χ4n) is 1.63. The molecule has 0 aliphatic rings. The van der Waals surface area contributed by atoms with Gasteiger partial charge in [0.15, 0.2) is 0 Å². The number of pyridine rings is 1. The van der Waals surface area contributed by atoms with Gasteiger partial charge in [-0.15, -0.1) is 0 Å². The van der Waals surface area contributed by atoms with Crippen LogP contribution >= 0.6 is 15.9 Å². The van der Waals surface area contributed by atoms with Gasteiger partial charge in [0.05, 0.1) is 11.4 Å². The summed E-state index contributed by atoms with van der Waals surface area (Å²) in [6, 6.07) is 4.38. The normalized spacial score (nSPS) is 10.9. The number of nitrogens with zero attached hydrogens (tertiary/aromatic N) is 3. The van der Waals surface area contributed by atoms with Gasteiger partial charge in [-0.1, -0.05) is 6.07 Å². The molecule has 0 bridgehead atoms. The smallest absolute Gasteiger partial charge is 0.106 e. The molecule has 1 N–H and O–H groups in total. The molecule has 2 aromatic rings. The highest BCUT2D eigenvalue weighted by atomic mass is 79.9. The van der Waals surface area contributed by atoms with Crippen molar-refractivity contribution in [3.63, 3.8) is 0 Å². The minimum Gasteiger partial charge on any atom is -0.378 e. The molecule has 0 spiro atoms. The van der Waals surface area contributed by atoms with Gasteiger partial charge in [-0.05, 0) is 48.3 Å². The van der Waals surface area contributed by atoms with Crippen molar-refractivity contribution in [2.75, 3.05) is 5.32 Å². The summed E-state index contributed by atoms with van der Waals surface area (Å²) in [7, 11) is 0. The van der Waals surface area contributed by atoms with E-state index in [2.05, 4.69) is 45.2 Å². The highest BCUT2D eigenvalue weighted by Gasteiger charge is 2.06. The number of hydrogen-bond acceptors (Lipinski definition) is 3. The molecule has 0 saturated carbocycles. The van der Waals surface area contributed by atoms with Crippen molar-refractivity contribution >= 4 is 21.6 Å². The van der Waals surface area contributed by atoms with Crippen LogP contribution in [-0.4, -0.2) is 14.8 Å². The second kappa shape index (κ2) is 5.52. The van der Waals surface area contributed by atoms with Gasteiger partial charge in [0.2, 0.25) is 0 Å². The predicted octanol–water partition coefficient (Wildman–Crippen LogP) is 3.54. The summed E-state index contributed by atoms with van der Waals surface area (Å²) in [6.45, 7) is 7.01. The first kappa shape index (κ1) is 13.1. The lowest BCUT2D eigenvalue weighted by Crippen LogP contribution is -2.01. The number of anilines is 1. The third-order valence-corrected chi connectivity index (χ3v) is 3.19. The molecular weight excluding hydrogens is 292 g/mol. The minimum atomic E-state index is 0.383.